The first kappa shape index (κ1) is 26.2. The third-order valence-electron chi connectivity index (χ3n) is 6.00. The fraction of sp³-hybridized carbons (Fsp3) is 0.480. The van der Waals surface area contributed by atoms with Gasteiger partial charge < -0.3 is 10.4 Å². The standard InChI is InChI=1S/C25H30F3NO4S/c1-17(2)13-14-24(31,25(26,27)28)20-7-9-21(10-8-20)29-23(30)15-18-5-11-22(12-6-18)34(32,33)16-19-3-4-19/h5-12,17,19,31H,3-4,13-16H2,1-2H3,(H,29,30). The molecule has 1 aliphatic rings. The Hall–Kier alpha value is -2.39. The van der Waals surface area contributed by atoms with Crippen molar-refractivity contribution in [2.24, 2.45) is 11.8 Å². The van der Waals surface area contributed by atoms with Gasteiger partial charge >= 0.3 is 6.18 Å². The van der Waals surface area contributed by atoms with Crippen molar-refractivity contribution in [2.75, 3.05) is 11.1 Å². The second kappa shape index (κ2) is 10.1. The number of aliphatic hydroxyl groups is 1. The first-order chi connectivity index (χ1) is 15.8. The quantitative estimate of drug-likeness (QED) is 0.470. The maximum absolute atomic E-state index is 13.6. The van der Waals surface area contributed by atoms with Gasteiger partial charge in [0.25, 0.3) is 0 Å². The first-order valence-corrected chi connectivity index (χ1v) is 13.0. The smallest absolute Gasteiger partial charge is 0.376 e. The number of carbonyl (C=O) groups excluding carboxylic acids is 1. The average Bonchev–Trinajstić information content (AvgIpc) is 3.55. The molecule has 2 aromatic rings. The van der Waals surface area contributed by atoms with Crippen LogP contribution < -0.4 is 5.32 Å². The van der Waals surface area contributed by atoms with Crippen molar-refractivity contribution in [3.63, 3.8) is 0 Å². The van der Waals surface area contributed by atoms with Crippen LogP contribution in [-0.4, -0.2) is 31.4 Å². The zero-order chi connectivity index (χ0) is 25.1. The van der Waals surface area contributed by atoms with Crippen molar-refractivity contribution < 1.29 is 31.5 Å². The summed E-state index contributed by atoms with van der Waals surface area (Å²) in [4.78, 5) is 12.6. The molecule has 9 heteroatoms. The molecule has 1 atom stereocenters. The van der Waals surface area contributed by atoms with Gasteiger partial charge in [-0.3, -0.25) is 4.79 Å². The van der Waals surface area contributed by atoms with E-state index in [2.05, 4.69) is 5.32 Å². The second-order valence-electron chi connectivity index (χ2n) is 9.46. The second-order valence-corrected chi connectivity index (χ2v) is 11.5. The van der Waals surface area contributed by atoms with Crippen LogP contribution in [0.1, 0.15) is 50.7 Å². The highest BCUT2D eigenvalue weighted by atomic mass is 32.2. The Morgan fingerprint density at radius 3 is 2.15 bits per heavy atom. The van der Waals surface area contributed by atoms with E-state index in [4.69, 9.17) is 0 Å². The van der Waals surface area contributed by atoms with Gasteiger partial charge in [0.05, 0.1) is 17.1 Å². The van der Waals surface area contributed by atoms with Crippen LogP contribution in [0.3, 0.4) is 0 Å². The molecule has 0 aliphatic heterocycles. The number of anilines is 1. The van der Waals surface area contributed by atoms with Crippen LogP contribution in [0.25, 0.3) is 0 Å². The molecule has 1 amide bonds. The molecule has 0 radical (unpaired) electrons. The fourth-order valence-electron chi connectivity index (χ4n) is 3.67. The van der Waals surface area contributed by atoms with Gasteiger partial charge in [0.15, 0.2) is 15.4 Å². The molecule has 0 spiro atoms. The Balaban J connectivity index is 1.63. The SMILES string of the molecule is CC(C)CCC(O)(c1ccc(NC(=O)Cc2ccc(S(=O)(=O)CC3CC3)cc2)cc1)C(F)(F)F. The summed E-state index contributed by atoms with van der Waals surface area (Å²) >= 11 is 0. The lowest BCUT2D eigenvalue weighted by Crippen LogP contribution is -2.42. The summed E-state index contributed by atoms with van der Waals surface area (Å²) in [6, 6.07) is 11.1. The number of nitrogens with one attached hydrogen (secondary N) is 1. The predicted molar refractivity (Wildman–Crippen MR) is 124 cm³/mol. The molecule has 1 saturated carbocycles. The maximum atomic E-state index is 13.6. The molecular formula is C25H30F3NO4S. The summed E-state index contributed by atoms with van der Waals surface area (Å²) in [6.07, 6.45) is -3.23. The zero-order valence-electron chi connectivity index (χ0n) is 19.2. The number of rotatable bonds is 10. The molecule has 2 aromatic carbocycles. The van der Waals surface area contributed by atoms with Crippen LogP contribution >= 0.6 is 0 Å². The molecular weight excluding hydrogens is 467 g/mol. The van der Waals surface area contributed by atoms with Gasteiger partial charge in [-0.2, -0.15) is 13.2 Å². The van der Waals surface area contributed by atoms with Gasteiger partial charge in [0, 0.05) is 5.69 Å². The molecule has 0 bridgehead atoms. The molecule has 186 valence electrons. The summed E-state index contributed by atoms with van der Waals surface area (Å²) in [5.74, 6) is -0.0137. The van der Waals surface area contributed by atoms with Gasteiger partial charge in [-0.15, -0.1) is 0 Å². The topological polar surface area (TPSA) is 83.5 Å². The lowest BCUT2D eigenvalue weighted by Gasteiger charge is -2.31. The molecule has 0 saturated heterocycles. The highest BCUT2D eigenvalue weighted by molar-refractivity contribution is 7.91. The third-order valence-corrected chi connectivity index (χ3v) is 7.90. The van der Waals surface area contributed by atoms with Crippen LogP contribution in [-0.2, 0) is 26.7 Å². The van der Waals surface area contributed by atoms with E-state index in [1.54, 1.807) is 26.0 Å². The van der Waals surface area contributed by atoms with Crippen molar-refractivity contribution in [3.05, 3.63) is 59.7 Å². The summed E-state index contributed by atoms with van der Waals surface area (Å²) in [5.41, 5.74) is -2.33. The molecule has 1 fully saturated rings. The van der Waals surface area contributed by atoms with E-state index in [9.17, 15) is 31.5 Å². The van der Waals surface area contributed by atoms with Crippen LogP contribution in [0.5, 0.6) is 0 Å². The van der Waals surface area contributed by atoms with Crippen LogP contribution in [0.15, 0.2) is 53.4 Å². The Morgan fingerprint density at radius 2 is 1.65 bits per heavy atom. The molecule has 3 rings (SSSR count). The minimum atomic E-state index is -4.83. The highest BCUT2D eigenvalue weighted by Crippen LogP contribution is 2.43. The lowest BCUT2D eigenvalue weighted by atomic mass is 9.86. The summed E-state index contributed by atoms with van der Waals surface area (Å²) in [7, 11) is -3.33. The van der Waals surface area contributed by atoms with E-state index >= 15 is 0 Å². The Bertz CT molecular complexity index is 1090. The summed E-state index contributed by atoms with van der Waals surface area (Å²) in [5, 5.41) is 13.0. The van der Waals surface area contributed by atoms with Crippen molar-refractivity contribution in [2.45, 2.75) is 62.6 Å². The molecule has 2 N–H and O–H groups in total. The van der Waals surface area contributed by atoms with Crippen molar-refractivity contribution in [1.82, 2.24) is 0 Å². The number of hydrogen-bond acceptors (Lipinski definition) is 4. The van der Waals surface area contributed by atoms with E-state index in [1.807, 2.05) is 0 Å². The Morgan fingerprint density at radius 1 is 1.06 bits per heavy atom. The van der Waals surface area contributed by atoms with Crippen molar-refractivity contribution in [1.29, 1.82) is 0 Å². The normalized spacial score (nSPS) is 16.3. The van der Waals surface area contributed by atoms with E-state index in [1.165, 1.54) is 36.4 Å². The largest absolute Gasteiger partial charge is 0.421 e. The number of hydrogen-bond donors (Lipinski definition) is 2. The number of benzene rings is 2. The average molecular weight is 498 g/mol. The van der Waals surface area contributed by atoms with E-state index < -0.39 is 33.9 Å². The van der Waals surface area contributed by atoms with Crippen LogP contribution in [0.4, 0.5) is 18.9 Å². The summed E-state index contributed by atoms with van der Waals surface area (Å²) in [6.45, 7) is 3.58. The Kier molecular flexibility index (Phi) is 7.77. The van der Waals surface area contributed by atoms with Gasteiger partial charge in [-0.1, -0.05) is 38.1 Å². The Labute approximate surface area is 198 Å². The minimum Gasteiger partial charge on any atom is -0.376 e. The molecule has 0 heterocycles. The van der Waals surface area contributed by atoms with Crippen molar-refractivity contribution >= 4 is 21.4 Å². The van der Waals surface area contributed by atoms with Crippen molar-refractivity contribution in [3.8, 4) is 0 Å². The molecule has 34 heavy (non-hydrogen) atoms. The number of alkyl halides is 3. The van der Waals surface area contributed by atoms with E-state index in [0.29, 0.717) is 11.3 Å². The van der Waals surface area contributed by atoms with Gasteiger partial charge in [-0.25, -0.2) is 8.42 Å². The van der Waals surface area contributed by atoms with Gasteiger partial charge in [0.2, 0.25) is 5.91 Å². The maximum Gasteiger partial charge on any atom is 0.421 e. The highest BCUT2D eigenvalue weighted by Gasteiger charge is 2.54. The zero-order valence-corrected chi connectivity index (χ0v) is 20.0. The fourth-order valence-corrected chi connectivity index (χ4v) is 5.37. The van der Waals surface area contributed by atoms with Crippen LogP contribution in [0.2, 0.25) is 0 Å². The number of sulfone groups is 1. The molecule has 1 aliphatic carbocycles. The monoisotopic (exact) mass is 497 g/mol. The molecule has 0 aromatic heterocycles. The lowest BCUT2D eigenvalue weighted by molar-refractivity contribution is -0.270. The molecule has 1 unspecified atom stereocenters. The predicted octanol–water partition coefficient (Wildman–Crippen LogP) is 5.24. The van der Waals surface area contributed by atoms with Gasteiger partial charge in [-0.05, 0) is 72.9 Å². The number of amides is 1. The van der Waals surface area contributed by atoms with Crippen LogP contribution in [0, 0.1) is 11.8 Å². The van der Waals surface area contributed by atoms with E-state index in [0.717, 1.165) is 12.8 Å². The molecule has 5 nitrogen and oxygen atoms in total. The first-order valence-electron chi connectivity index (χ1n) is 11.3. The number of carbonyl (C=O) groups is 1. The van der Waals surface area contributed by atoms with E-state index in [-0.39, 0.29) is 40.9 Å². The number of halogens is 3. The minimum absolute atomic E-state index is 0.000178. The van der Waals surface area contributed by atoms with Gasteiger partial charge in [0.1, 0.15) is 0 Å². The summed E-state index contributed by atoms with van der Waals surface area (Å²) < 4.78 is 65.5. The third kappa shape index (κ3) is 6.60.